The van der Waals surface area contributed by atoms with Gasteiger partial charge in [0.05, 0.1) is 11.9 Å². The number of aromatic nitrogens is 2. The van der Waals surface area contributed by atoms with Gasteiger partial charge in [0.1, 0.15) is 6.54 Å². The molecule has 5 heteroatoms. The fourth-order valence-electron chi connectivity index (χ4n) is 2.49. The average Bonchev–Trinajstić information content (AvgIpc) is 2.67. The van der Waals surface area contributed by atoms with Gasteiger partial charge in [0.25, 0.3) is 0 Å². The third-order valence-corrected chi connectivity index (χ3v) is 3.43. The van der Waals surface area contributed by atoms with Gasteiger partial charge < -0.3 is 11.1 Å². The molecule has 1 aromatic heterocycles. The molecule has 2 rings (SSSR count). The van der Waals surface area contributed by atoms with E-state index in [4.69, 9.17) is 5.73 Å². The van der Waals surface area contributed by atoms with E-state index >= 15 is 0 Å². The molecule has 18 heavy (non-hydrogen) atoms. The van der Waals surface area contributed by atoms with Crippen LogP contribution in [-0.2, 0) is 11.3 Å². The van der Waals surface area contributed by atoms with E-state index in [9.17, 15) is 4.79 Å². The van der Waals surface area contributed by atoms with Crippen molar-refractivity contribution < 1.29 is 4.79 Å². The molecule has 100 valence electrons. The Hall–Kier alpha value is -1.52. The molecule has 3 N–H and O–H groups in total. The van der Waals surface area contributed by atoms with Crippen LogP contribution < -0.4 is 11.1 Å². The molecular weight excluding hydrogens is 228 g/mol. The molecule has 1 aliphatic carbocycles. The van der Waals surface area contributed by atoms with Gasteiger partial charge in [0.15, 0.2) is 0 Å². The molecule has 1 aromatic rings. The first kappa shape index (κ1) is 12.9. The molecule has 0 radical (unpaired) electrons. The van der Waals surface area contributed by atoms with Crippen LogP contribution in [0.3, 0.4) is 0 Å². The average molecular weight is 250 g/mol. The van der Waals surface area contributed by atoms with Crippen molar-refractivity contribution in [1.82, 2.24) is 15.1 Å². The smallest absolute Gasteiger partial charge is 0.241 e. The first-order valence-corrected chi connectivity index (χ1v) is 6.81. The van der Waals surface area contributed by atoms with Gasteiger partial charge in [-0.15, -0.1) is 0 Å². The van der Waals surface area contributed by atoms with Crippen molar-refractivity contribution in [3.63, 3.8) is 0 Å². The fourth-order valence-corrected chi connectivity index (χ4v) is 2.49. The molecule has 1 saturated carbocycles. The maximum atomic E-state index is 11.9. The van der Waals surface area contributed by atoms with E-state index in [1.807, 2.05) is 0 Å². The molecule has 0 saturated heterocycles. The third-order valence-electron chi connectivity index (χ3n) is 3.43. The van der Waals surface area contributed by atoms with Gasteiger partial charge in [0, 0.05) is 12.2 Å². The molecule has 1 aliphatic rings. The minimum Gasteiger partial charge on any atom is -0.396 e. The van der Waals surface area contributed by atoms with Crippen LogP contribution in [0.5, 0.6) is 0 Å². The van der Waals surface area contributed by atoms with E-state index in [1.54, 1.807) is 17.1 Å². The molecule has 5 nitrogen and oxygen atoms in total. The summed E-state index contributed by atoms with van der Waals surface area (Å²) in [7, 11) is 0. The minimum atomic E-state index is 0.0312. The summed E-state index contributed by atoms with van der Waals surface area (Å²) < 4.78 is 1.58. The number of anilines is 1. The highest BCUT2D eigenvalue weighted by atomic mass is 16.2. The Bertz CT molecular complexity index is 380. The number of carbonyl (C=O) groups is 1. The molecular formula is C13H22N4O. The Labute approximate surface area is 108 Å². The highest BCUT2D eigenvalue weighted by Crippen LogP contribution is 2.17. The van der Waals surface area contributed by atoms with Crippen LogP contribution in [0.25, 0.3) is 0 Å². The number of nitrogen functional groups attached to an aromatic ring is 1. The number of nitrogens with one attached hydrogen (secondary N) is 1. The fraction of sp³-hybridized carbons (Fsp3) is 0.692. The monoisotopic (exact) mass is 250 g/mol. The number of rotatable bonds is 3. The zero-order valence-electron chi connectivity index (χ0n) is 10.8. The maximum Gasteiger partial charge on any atom is 0.241 e. The lowest BCUT2D eigenvalue weighted by molar-refractivity contribution is -0.122. The molecule has 0 atom stereocenters. The van der Waals surface area contributed by atoms with E-state index in [1.165, 1.54) is 32.1 Å². The molecule has 0 spiro atoms. The zero-order chi connectivity index (χ0) is 12.8. The topological polar surface area (TPSA) is 72.9 Å². The van der Waals surface area contributed by atoms with Crippen LogP contribution in [0.2, 0.25) is 0 Å². The van der Waals surface area contributed by atoms with Crippen molar-refractivity contribution in [3.05, 3.63) is 12.4 Å². The lowest BCUT2D eigenvalue weighted by atomic mass is 9.97. The number of nitrogens with two attached hydrogens (primary N) is 1. The molecule has 1 fully saturated rings. The maximum absolute atomic E-state index is 11.9. The quantitative estimate of drug-likeness (QED) is 0.857. The number of carbonyl (C=O) groups excluding carboxylic acids is 1. The van der Waals surface area contributed by atoms with Crippen LogP contribution in [0.1, 0.15) is 44.9 Å². The second kappa shape index (κ2) is 6.42. The van der Waals surface area contributed by atoms with Gasteiger partial charge in [-0.05, 0) is 12.8 Å². The normalized spacial score (nSPS) is 18.0. The van der Waals surface area contributed by atoms with Crippen molar-refractivity contribution in [3.8, 4) is 0 Å². The first-order chi connectivity index (χ1) is 8.74. The van der Waals surface area contributed by atoms with Gasteiger partial charge >= 0.3 is 0 Å². The van der Waals surface area contributed by atoms with Crippen LogP contribution in [0.4, 0.5) is 5.69 Å². The molecule has 0 aromatic carbocycles. The predicted octanol–water partition coefficient (Wildman–Crippen LogP) is 1.69. The summed E-state index contributed by atoms with van der Waals surface area (Å²) in [5.74, 6) is 0.0312. The second-order valence-corrected chi connectivity index (χ2v) is 5.08. The van der Waals surface area contributed by atoms with Crippen molar-refractivity contribution in [1.29, 1.82) is 0 Å². The van der Waals surface area contributed by atoms with Crippen LogP contribution >= 0.6 is 0 Å². The largest absolute Gasteiger partial charge is 0.396 e. The third kappa shape index (κ3) is 4.05. The number of nitrogens with zero attached hydrogens (tertiary/aromatic N) is 2. The summed E-state index contributed by atoms with van der Waals surface area (Å²) in [6, 6.07) is 0.339. The summed E-state index contributed by atoms with van der Waals surface area (Å²) >= 11 is 0. The van der Waals surface area contributed by atoms with E-state index < -0.39 is 0 Å². The number of hydrogen-bond donors (Lipinski definition) is 2. The van der Waals surface area contributed by atoms with Gasteiger partial charge in [-0.25, -0.2) is 0 Å². The molecule has 1 amide bonds. The van der Waals surface area contributed by atoms with Crippen LogP contribution in [-0.4, -0.2) is 21.7 Å². The Morgan fingerprint density at radius 2 is 2.00 bits per heavy atom. The Morgan fingerprint density at radius 1 is 1.33 bits per heavy atom. The van der Waals surface area contributed by atoms with E-state index in [0.717, 1.165) is 12.8 Å². The SMILES string of the molecule is Nc1cnn(CC(=O)NC2CCCCCCC2)c1. The summed E-state index contributed by atoms with van der Waals surface area (Å²) in [6.45, 7) is 0.258. The predicted molar refractivity (Wildman–Crippen MR) is 70.9 cm³/mol. The zero-order valence-corrected chi connectivity index (χ0v) is 10.8. The Balaban J connectivity index is 1.78. The summed E-state index contributed by atoms with van der Waals surface area (Å²) in [5.41, 5.74) is 6.15. The van der Waals surface area contributed by atoms with Crippen molar-refractivity contribution >= 4 is 11.6 Å². The number of amides is 1. The summed E-state index contributed by atoms with van der Waals surface area (Å²) in [4.78, 5) is 11.9. The lowest BCUT2D eigenvalue weighted by Gasteiger charge is -2.20. The number of hydrogen-bond acceptors (Lipinski definition) is 3. The van der Waals surface area contributed by atoms with E-state index in [-0.39, 0.29) is 12.5 Å². The molecule has 1 heterocycles. The van der Waals surface area contributed by atoms with E-state index in [0.29, 0.717) is 11.7 Å². The van der Waals surface area contributed by atoms with Gasteiger partial charge in [-0.3, -0.25) is 9.48 Å². The van der Waals surface area contributed by atoms with Gasteiger partial charge in [0.2, 0.25) is 5.91 Å². The van der Waals surface area contributed by atoms with Crippen molar-refractivity contribution in [2.75, 3.05) is 5.73 Å². The lowest BCUT2D eigenvalue weighted by Crippen LogP contribution is -2.37. The first-order valence-electron chi connectivity index (χ1n) is 6.81. The highest BCUT2D eigenvalue weighted by Gasteiger charge is 2.14. The Kier molecular flexibility index (Phi) is 4.61. The van der Waals surface area contributed by atoms with Crippen molar-refractivity contribution in [2.45, 2.75) is 57.5 Å². The van der Waals surface area contributed by atoms with E-state index in [2.05, 4.69) is 10.4 Å². The van der Waals surface area contributed by atoms with Crippen LogP contribution in [0.15, 0.2) is 12.4 Å². The summed E-state index contributed by atoms with van der Waals surface area (Å²) in [5, 5.41) is 7.12. The highest BCUT2D eigenvalue weighted by molar-refractivity contribution is 5.76. The van der Waals surface area contributed by atoms with Crippen molar-refractivity contribution in [2.24, 2.45) is 0 Å². The molecule has 0 aliphatic heterocycles. The second-order valence-electron chi connectivity index (χ2n) is 5.08. The standard InChI is InChI=1S/C13H22N4O/c14-11-8-15-17(9-11)10-13(18)16-12-6-4-2-1-3-5-7-12/h8-9,12H,1-7,10,14H2,(H,16,18). The van der Waals surface area contributed by atoms with Crippen LogP contribution in [0, 0.1) is 0 Å². The summed E-state index contributed by atoms with van der Waals surface area (Å²) in [6.07, 6.45) is 11.8. The minimum absolute atomic E-state index is 0.0312. The molecule has 0 bridgehead atoms. The van der Waals surface area contributed by atoms with Gasteiger partial charge in [-0.1, -0.05) is 32.1 Å². The van der Waals surface area contributed by atoms with Gasteiger partial charge in [-0.2, -0.15) is 5.10 Å². The molecule has 0 unspecified atom stereocenters. The Morgan fingerprint density at radius 3 is 2.61 bits per heavy atom.